The Bertz CT molecular complexity index is 752. The Labute approximate surface area is 191 Å². The summed E-state index contributed by atoms with van der Waals surface area (Å²) in [5.74, 6) is 0.923. The molecule has 2 heterocycles. The van der Waals surface area contributed by atoms with E-state index in [0.717, 1.165) is 37.2 Å². The van der Waals surface area contributed by atoms with E-state index in [9.17, 15) is 0 Å². The zero-order valence-electron chi connectivity index (χ0n) is 17.3. The summed E-state index contributed by atoms with van der Waals surface area (Å²) in [6.07, 6.45) is 11.5. The fourth-order valence-corrected chi connectivity index (χ4v) is 4.46. The van der Waals surface area contributed by atoms with Gasteiger partial charge in [0.15, 0.2) is 5.96 Å². The van der Waals surface area contributed by atoms with E-state index in [1.807, 2.05) is 24.0 Å². The van der Waals surface area contributed by atoms with Gasteiger partial charge in [-0.15, -0.1) is 24.0 Å². The first-order chi connectivity index (χ1) is 13.8. The van der Waals surface area contributed by atoms with E-state index in [2.05, 4.69) is 49.9 Å². The Hall–Kier alpha value is -1.61. The van der Waals surface area contributed by atoms with Gasteiger partial charge in [0.1, 0.15) is 0 Å². The highest BCUT2D eigenvalue weighted by Crippen LogP contribution is 2.26. The summed E-state index contributed by atoms with van der Waals surface area (Å²) < 4.78 is 1.88. The molecule has 1 aromatic carbocycles. The molecule has 1 saturated heterocycles. The average Bonchev–Trinajstić information content (AvgIpc) is 3.50. The molecule has 158 valence electrons. The van der Waals surface area contributed by atoms with Crippen molar-refractivity contribution < 1.29 is 0 Å². The van der Waals surface area contributed by atoms with Gasteiger partial charge in [0, 0.05) is 51.2 Å². The first-order valence-corrected chi connectivity index (χ1v) is 10.6. The standard InChI is InChI=1S/C22H32N6.HI/c1-23-22(26-19-12-16-27(17-19)20-5-2-3-6-20)24-14-11-18-7-9-21(10-8-18)28-15-4-13-25-28;/h4,7-10,13,15,19-20H,2-3,5-6,11-12,14,16-17H2,1H3,(H2,23,24,26);1H. The van der Waals surface area contributed by atoms with Gasteiger partial charge in [-0.05, 0) is 49.4 Å². The van der Waals surface area contributed by atoms with E-state index < -0.39 is 0 Å². The normalized spacial score (nSPS) is 20.6. The van der Waals surface area contributed by atoms with Crippen molar-refractivity contribution in [2.45, 2.75) is 50.6 Å². The zero-order chi connectivity index (χ0) is 19.2. The van der Waals surface area contributed by atoms with Gasteiger partial charge in [0.2, 0.25) is 0 Å². The van der Waals surface area contributed by atoms with Crippen LogP contribution in [-0.4, -0.2) is 59.4 Å². The second-order valence-corrected chi connectivity index (χ2v) is 7.93. The smallest absolute Gasteiger partial charge is 0.191 e. The Kier molecular flexibility index (Phi) is 8.35. The number of hydrogen-bond donors (Lipinski definition) is 2. The molecule has 2 fully saturated rings. The van der Waals surface area contributed by atoms with Crippen molar-refractivity contribution in [3.63, 3.8) is 0 Å². The van der Waals surface area contributed by atoms with Crippen LogP contribution in [0.2, 0.25) is 0 Å². The number of nitrogens with zero attached hydrogens (tertiary/aromatic N) is 4. The molecule has 0 amide bonds. The lowest BCUT2D eigenvalue weighted by Gasteiger charge is -2.24. The molecule has 0 radical (unpaired) electrons. The molecule has 1 unspecified atom stereocenters. The van der Waals surface area contributed by atoms with Crippen LogP contribution in [0.25, 0.3) is 5.69 Å². The third-order valence-corrected chi connectivity index (χ3v) is 6.04. The summed E-state index contributed by atoms with van der Waals surface area (Å²) in [5.41, 5.74) is 2.40. The van der Waals surface area contributed by atoms with Gasteiger partial charge < -0.3 is 10.6 Å². The quantitative estimate of drug-likeness (QED) is 0.358. The number of halogens is 1. The first kappa shape index (κ1) is 22.1. The molecule has 1 saturated carbocycles. The monoisotopic (exact) mass is 508 g/mol. The summed E-state index contributed by atoms with van der Waals surface area (Å²) in [7, 11) is 1.86. The highest BCUT2D eigenvalue weighted by molar-refractivity contribution is 14.0. The van der Waals surface area contributed by atoms with Crippen LogP contribution in [-0.2, 0) is 6.42 Å². The molecule has 7 heteroatoms. The lowest BCUT2D eigenvalue weighted by molar-refractivity contribution is 0.242. The zero-order valence-corrected chi connectivity index (χ0v) is 19.6. The summed E-state index contributed by atoms with van der Waals surface area (Å²) in [5, 5.41) is 11.4. The highest BCUT2D eigenvalue weighted by atomic mass is 127. The molecule has 2 N–H and O–H groups in total. The molecule has 2 aliphatic rings. The number of nitrogens with one attached hydrogen (secondary N) is 2. The van der Waals surface area contributed by atoms with Crippen LogP contribution in [0.4, 0.5) is 0 Å². The number of guanidine groups is 1. The van der Waals surface area contributed by atoms with E-state index in [1.165, 1.54) is 44.2 Å². The van der Waals surface area contributed by atoms with Crippen LogP contribution in [0.1, 0.15) is 37.7 Å². The number of likely N-dealkylation sites (tertiary alicyclic amines) is 1. The number of hydrogen-bond acceptors (Lipinski definition) is 3. The van der Waals surface area contributed by atoms with Crippen molar-refractivity contribution in [3.05, 3.63) is 48.3 Å². The van der Waals surface area contributed by atoms with Gasteiger partial charge in [-0.2, -0.15) is 5.10 Å². The maximum atomic E-state index is 4.42. The summed E-state index contributed by atoms with van der Waals surface area (Å²) in [6.45, 7) is 3.25. The number of rotatable bonds is 6. The Morgan fingerprint density at radius 2 is 1.97 bits per heavy atom. The fraction of sp³-hybridized carbons (Fsp3) is 0.545. The van der Waals surface area contributed by atoms with Crippen LogP contribution in [0, 0.1) is 0 Å². The van der Waals surface area contributed by atoms with Crippen LogP contribution >= 0.6 is 24.0 Å². The predicted molar refractivity (Wildman–Crippen MR) is 129 cm³/mol. The largest absolute Gasteiger partial charge is 0.356 e. The minimum atomic E-state index is 0. The number of benzene rings is 1. The molecule has 2 aromatic rings. The lowest BCUT2D eigenvalue weighted by atomic mass is 10.1. The third kappa shape index (κ3) is 5.94. The second-order valence-electron chi connectivity index (χ2n) is 7.93. The molecular weight excluding hydrogens is 475 g/mol. The second kappa shape index (κ2) is 11.0. The minimum absolute atomic E-state index is 0. The Balaban J connectivity index is 0.00000240. The molecule has 0 bridgehead atoms. The molecule has 1 aromatic heterocycles. The highest BCUT2D eigenvalue weighted by Gasteiger charge is 2.30. The van der Waals surface area contributed by atoms with Gasteiger partial charge in [0.25, 0.3) is 0 Å². The summed E-state index contributed by atoms with van der Waals surface area (Å²) in [4.78, 5) is 7.10. The molecule has 6 nitrogen and oxygen atoms in total. The van der Waals surface area contributed by atoms with Gasteiger partial charge in [-0.1, -0.05) is 25.0 Å². The Morgan fingerprint density at radius 3 is 2.66 bits per heavy atom. The van der Waals surface area contributed by atoms with Crippen molar-refractivity contribution in [2.75, 3.05) is 26.7 Å². The maximum Gasteiger partial charge on any atom is 0.191 e. The van der Waals surface area contributed by atoms with E-state index in [1.54, 1.807) is 6.20 Å². The van der Waals surface area contributed by atoms with Gasteiger partial charge in [-0.3, -0.25) is 9.89 Å². The van der Waals surface area contributed by atoms with Crippen molar-refractivity contribution in [2.24, 2.45) is 4.99 Å². The summed E-state index contributed by atoms with van der Waals surface area (Å²) >= 11 is 0. The summed E-state index contributed by atoms with van der Waals surface area (Å²) in [6, 6.07) is 11.9. The van der Waals surface area contributed by atoms with Gasteiger partial charge in [-0.25, -0.2) is 4.68 Å². The van der Waals surface area contributed by atoms with Gasteiger partial charge in [0.05, 0.1) is 5.69 Å². The Morgan fingerprint density at radius 1 is 1.17 bits per heavy atom. The topological polar surface area (TPSA) is 57.5 Å². The molecule has 29 heavy (non-hydrogen) atoms. The van der Waals surface area contributed by atoms with Gasteiger partial charge >= 0.3 is 0 Å². The lowest BCUT2D eigenvalue weighted by Crippen LogP contribution is -2.45. The SMILES string of the molecule is CN=C(NCCc1ccc(-n2cccn2)cc1)NC1CCN(C2CCCC2)C1.I. The third-order valence-electron chi connectivity index (χ3n) is 6.04. The van der Waals surface area contributed by atoms with Crippen LogP contribution in [0.3, 0.4) is 0 Å². The van der Waals surface area contributed by atoms with Crippen molar-refractivity contribution in [1.29, 1.82) is 0 Å². The van der Waals surface area contributed by atoms with E-state index in [-0.39, 0.29) is 24.0 Å². The molecule has 4 rings (SSSR count). The molecule has 0 spiro atoms. The fourth-order valence-electron chi connectivity index (χ4n) is 4.46. The predicted octanol–water partition coefficient (Wildman–Crippen LogP) is 3.21. The van der Waals surface area contributed by atoms with E-state index in [0.29, 0.717) is 6.04 Å². The molecule has 1 atom stereocenters. The van der Waals surface area contributed by atoms with Crippen LogP contribution in [0.5, 0.6) is 0 Å². The van der Waals surface area contributed by atoms with Crippen molar-refractivity contribution >= 4 is 29.9 Å². The van der Waals surface area contributed by atoms with E-state index in [4.69, 9.17) is 0 Å². The van der Waals surface area contributed by atoms with E-state index >= 15 is 0 Å². The average molecular weight is 508 g/mol. The van der Waals surface area contributed by atoms with Crippen molar-refractivity contribution in [3.8, 4) is 5.69 Å². The number of aliphatic imine (C=N–C) groups is 1. The molecular formula is C22H33IN6. The van der Waals surface area contributed by atoms with Crippen LogP contribution < -0.4 is 10.6 Å². The van der Waals surface area contributed by atoms with Crippen molar-refractivity contribution in [1.82, 2.24) is 25.3 Å². The minimum Gasteiger partial charge on any atom is -0.356 e. The van der Waals surface area contributed by atoms with Crippen LogP contribution in [0.15, 0.2) is 47.7 Å². The number of aromatic nitrogens is 2. The molecule has 1 aliphatic carbocycles. The first-order valence-electron chi connectivity index (χ1n) is 10.6. The maximum absolute atomic E-state index is 4.42. The molecule has 1 aliphatic heterocycles.